The molecule has 2 rings (SSSR count). The van der Waals surface area contributed by atoms with Crippen LogP contribution in [0.25, 0.3) is 0 Å². The van der Waals surface area contributed by atoms with E-state index in [4.69, 9.17) is 16.3 Å². The average Bonchev–Trinajstić information content (AvgIpc) is 2.67. The van der Waals surface area contributed by atoms with Crippen LogP contribution in [-0.2, 0) is 0 Å². The summed E-state index contributed by atoms with van der Waals surface area (Å²) in [5.74, 6) is -0.278. The molecule has 1 aromatic heterocycles. The molecule has 0 aliphatic carbocycles. The number of rotatable bonds is 8. The van der Waals surface area contributed by atoms with Gasteiger partial charge in [0.2, 0.25) is 0 Å². The van der Waals surface area contributed by atoms with Gasteiger partial charge in [-0.1, -0.05) is 37.4 Å². The predicted octanol–water partition coefficient (Wildman–Crippen LogP) is 4.22. The van der Waals surface area contributed by atoms with E-state index in [1.54, 1.807) is 30.3 Å². The van der Waals surface area contributed by atoms with E-state index in [9.17, 15) is 9.59 Å². The predicted molar refractivity (Wildman–Crippen MR) is 107 cm³/mol. The summed E-state index contributed by atoms with van der Waals surface area (Å²) in [7, 11) is 1.50. The fourth-order valence-electron chi connectivity index (χ4n) is 2.47. The first-order valence-corrected chi connectivity index (χ1v) is 9.24. The van der Waals surface area contributed by atoms with Crippen LogP contribution in [0.4, 0.5) is 5.69 Å². The number of pyridine rings is 1. The maximum Gasteiger partial charge on any atom is 0.274 e. The third-order valence-corrected chi connectivity index (χ3v) is 4.42. The molecule has 144 valence electrons. The zero-order valence-electron chi connectivity index (χ0n) is 15.8. The number of nitrogens with one attached hydrogen (secondary N) is 2. The summed E-state index contributed by atoms with van der Waals surface area (Å²) >= 11 is 6.09. The van der Waals surface area contributed by atoms with Gasteiger partial charge in [0.05, 0.1) is 12.8 Å². The lowest BCUT2D eigenvalue weighted by Crippen LogP contribution is -2.26. The molecule has 2 aromatic rings. The van der Waals surface area contributed by atoms with E-state index in [0.29, 0.717) is 23.0 Å². The highest BCUT2D eigenvalue weighted by Crippen LogP contribution is 2.31. The van der Waals surface area contributed by atoms with Gasteiger partial charge in [-0.3, -0.25) is 9.59 Å². The maximum atomic E-state index is 12.6. The Morgan fingerprint density at radius 2 is 1.85 bits per heavy atom. The number of unbranched alkanes of at least 4 members (excludes halogenated alkanes) is 2. The number of methoxy groups -OCH3 is 1. The molecular weight excluding hydrogens is 366 g/mol. The summed E-state index contributed by atoms with van der Waals surface area (Å²) in [5.41, 5.74) is 1.64. The lowest BCUT2D eigenvalue weighted by Gasteiger charge is -2.12. The molecule has 1 aromatic carbocycles. The molecule has 0 aliphatic heterocycles. The van der Waals surface area contributed by atoms with Crippen LogP contribution in [0.3, 0.4) is 0 Å². The van der Waals surface area contributed by atoms with Gasteiger partial charge in [0.15, 0.2) is 0 Å². The Kier molecular flexibility index (Phi) is 7.61. The number of anilines is 1. The second-order valence-electron chi connectivity index (χ2n) is 6.13. The van der Waals surface area contributed by atoms with Crippen LogP contribution in [0.2, 0.25) is 5.02 Å². The molecule has 0 fully saturated rings. The van der Waals surface area contributed by atoms with Crippen LogP contribution in [0.15, 0.2) is 30.3 Å². The Morgan fingerprint density at radius 1 is 1.15 bits per heavy atom. The van der Waals surface area contributed by atoms with Gasteiger partial charge in [-0.25, -0.2) is 4.98 Å². The van der Waals surface area contributed by atoms with Crippen LogP contribution in [0, 0.1) is 6.92 Å². The van der Waals surface area contributed by atoms with E-state index in [1.807, 2.05) is 6.92 Å². The first-order valence-electron chi connectivity index (χ1n) is 8.87. The van der Waals surface area contributed by atoms with Crippen molar-refractivity contribution < 1.29 is 14.3 Å². The van der Waals surface area contributed by atoms with Gasteiger partial charge < -0.3 is 15.4 Å². The van der Waals surface area contributed by atoms with Gasteiger partial charge in [-0.2, -0.15) is 0 Å². The average molecular weight is 390 g/mol. The molecular formula is C20H24ClN3O3. The molecule has 0 saturated heterocycles. The summed E-state index contributed by atoms with van der Waals surface area (Å²) in [4.78, 5) is 28.9. The first-order chi connectivity index (χ1) is 13.0. The lowest BCUT2D eigenvalue weighted by atomic mass is 10.2. The Bertz CT molecular complexity index is 824. The topological polar surface area (TPSA) is 80.3 Å². The number of hydrogen-bond acceptors (Lipinski definition) is 4. The maximum absolute atomic E-state index is 12.6. The minimum atomic E-state index is -0.435. The number of benzene rings is 1. The normalized spacial score (nSPS) is 10.4. The quantitative estimate of drug-likeness (QED) is 0.662. The lowest BCUT2D eigenvalue weighted by molar-refractivity contribution is 0.0947. The molecule has 0 unspecified atom stereocenters. The van der Waals surface area contributed by atoms with E-state index in [-0.39, 0.29) is 17.3 Å². The van der Waals surface area contributed by atoms with Crippen LogP contribution >= 0.6 is 11.6 Å². The van der Waals surface area contributed by atoms with E-state index >= 15 is 0 Å². The van der Waals surface area contributed by atoms with Crippen LogP contribution in [0.1, 0.15) is 52.7 Å². The van der Waals surface area contributed by atoms with Crippen LogP contribution in [-0.4, -0.2) is 30.5 Å². The van der Waals surface area contributed by atoms with Crippen molar-refractivity contribution in [2.75, 3.05) is 19.0 Å². The molecule has 1 heterocycles. The van der Waals surface area contributed by atoms with Crippen molar-refractivity contribution in [3.05, 3.63) is 52.3 Å². The van der Waals surface area contributed by atoms with Gasteiger partial charge in [-0.15, -0.1) is 0 Å². The van der Waals surface area contributed by atoms with Gasteiger partial charge >= 0.3 is 0 Å². The summed E-state index contributed by atoms with van der Waals surface area (Å²) in [6, 6.07) is 8.13. The fourth-order valence-corrected chi connectivity index (χ4v) is 2.62. The van der Waals surface area contributed by atoms with E-state index < -0.39 is 5.91 Å². The highest BCUT2D eigenvalue weighted by atomic mass is 35.5. The highest BCUT2D eigenvalue weighted by molar-refractivity contribution is 6.31. The van der Waals surface area contributed by atoms with Gasteiger partial charge in [0.1, 0.15) is 17.1 Å². The highest BCUT2D eigenvalue weighted by Gasteiger charge is 2.15. The monoisotopic (exact) mass is 389 g/mol. The number of carbonyl (C=O) groups excluding carboxylic acids is 2. The van der Waals surface area contributed by atoms with Crippen LogP contribution < -0.4 is 15.4 Å². The number of ether oxygens (including phenoxy) is 1. The smallest absolute Gasteiger partial charge is 0.274 e. The molecule has 0 aliphatic rings. The molecule has 0 spiro atoms. The van der Waals surface area contributed by atoms with Crippen molar-refractivity contribution in [2.24, 2.45) is 0 Å². The Morgan fingerprint density at radius 3 is 2.52 bits per heavy atom. The van der Waals surface area contributed by atoms with Gasteiger partial charge in [0, 0.05) is 17.6 Å². The van der Waals surface area contributed by atoms with Gasteiger partial charge in [-0.05, 0) is 37.1 Å². The van der Waals surface area contributed by atoms with E-state index in [0.717, 1.165) is 24.8 Å². The van der Waals surface area contributed by atoms with Crippen molar-refractivity contribution >= 4 is 29.1 Å². The SMILES string of the molecule is CCCCCNC(=O)c1cccc(C(=O)Nc2cc(C)c(Cl)cc2OC)n1. The number of amides is 2. The summed E-state index contributed by atoms with van der Waals surface area (Å²) < 4.78 is 5.26. The third-order valence-electron chi connectivity index (χ3n) is 4.01. The second kappa shape index (κ2) is 9.92. The molecule has 6 nitrogen and oxygen atoms in total. The minimum Gasteiger partial charge on any atom is -0.495 e. The van der Waals surface area contributed by atoms with Gasteiger partial charge in [0.25, 0.3) is 11.8 Å². The molecule has 7 heteroatoms. The zero-order chi connectivity index (χ0) is 19.8. The summed E-state index contributed by atoms with van der Waals surface area (Å²) in [6.45, 7) is 4.52. The molecule has 0 atom stereocenters. The van der Waals surface area contributed by atoms with Crippen molar-refractivity contribution in [1.29, 1.82) is 0 Å². The first kappa shape index (κ1) is 20.7. The fraction of sp³-hybridized carbons (Fsp3) is 0.350. The Hall–Kier alpha value is -2.60. The molecule has 2 N–H and O–H groups in total. The van der Waals surface area contributed by atoms with Crippen molar-refractivity contribution in [3.63, 3.8) is 0 Å². The largest absolute Gasteiger partial charge is 0.495 e. The number of carbonyl (C=O) groups is 2. The molecule has 0 radical (unpaired) electrons. The number of aryl methyl sites for hydroxylation is 1. The summed E-state index contributed by atoms with van der Waals surface area (Å²) in [5, 5.41) is 6.11. The Balaban J connectivity index is 2.11. The van der Waals surface area contributed by atoms with E-state index in [2.05, 4.69) is 22.5 Å². The molecule has 2 amide bonds. The van der Waals surface area contributed by atoms with Crippen molar-refractivity contribution in [1.82, 2.24) is 10.3 Å². The number of aromatic nitrogens is 1. The summed E-state index contributed by atoms with van der Waals surface area (Å²) in [6.07, 6.45) is 3.05. The standard InChI is InChI=1S/C20H24ClN3O3/c1-4-5-6-10-22-19(25)15-8-7-9-16(23-15)20(26)24-17-11-13(2)14(21)12-18(17)27-3/h7-9,11-12H,4-6,10H2,1-3H3,(H,22,25)(H,24,26). The molecule has 0 bridgehead atoms. The van der Waals surface area contributed by atoms with E-state index in [1.165, 1.54) is 7.11 Å². The third kappa shape index (κ3) is 5.69. The van der Waals surface area contributed by atoms with Crippen molar-refractivity contribution in [3.8, 4) is 5.75 Å². The molecule has 0 saturated carbocycles. The Labute approximate surface area is 164 Å². The van der Waals surface area contributed by atoms with Crippen LogP contribution in [0.5, 0.6) is 5.75 Å². The molecule has 27 heavy (non-hydrogen) atoms. The number of halogens is 1. The number of nitrogens with zero attached hydrogens (tertiary/aromatic N) is 1. The minimum absolute atomic E-state index is 0.144. The van der Waals surface area contributed by atoms with Crippen molar-refractivity contribution in [2.45, 2.75) is 33.1 Å². The number of hydrogen-bond donors (Lipinski definition) is 2. The second-order valence-corrected chi connectivity index (χ2v) is 6.53. The zero-order valence-corrected chi connectivity index (χ0v) is 16.5.